The van der Waals surface area contributed by atoms with Gasteiger partial charge in [0.05, 0.1) is 0 Å². The van der Waals surface area contributed by atoms with Gasteiger partial charge in [0.1, 0.15) is 6.04 Å². The molecule has 0 spiro atoms. The van der Waals surface area contributed by atoms with Crippen LogP contribution in [0.3, 0.4) is 0 Å². The average molecular weight is 412 g/mol. The van der Waals surface area contributed by atoms with Crippen molar-refractivity contribution in [3.63, 3.8) is 0 Å². The van der Waals surface area contributed by atoms with Gasteiger partial charge >= 0.3 is 6.18 Å². The summed E-state index contributed by atoms with van der Waals surface area (Å²) in [6.45, 7) is 1.90. The van der Waals surface area contributed by atoms with E-state index < -0.39 is 12.2 Å². The van der Waals surface area contributed by atoms with Crippen LogP contribution in [-0.4, -0.2) is 49.3 Å². The molecule has 4 rings (SSSR count). The van der Waals surface area contributed by atoms with Gasteiger partial charge in [0.2, 0.25) is 0 Å². The van der Waals surface area contributed by atoms with Gasteiger partial charge in [-0.1, -0.05) is 6.07 Å². The minimum absolute atomic E-state index is 0.0518. The normalized spacial score (nSPS) is 27.4. The van der Waals surface area contributed by atoms with Gasteiger partial charge in [-0.25, -0.2) is 0 Å². The van der Waals surface area contributed by atoms with Crippen molar-refractivity contribution in [3.8, 4) is 0 Å². The molecule has 1 aromatic carbocycles. The zero-order valence-electron chi connectivity index (χ0n) is 16.0. The van der Waals surface area contributed by atoms with E-state index in [1.165, 1.54) is 0 Å². The molecule has 1 unspecified atom stereocenters. The number of nitrogens with zero attached hydrogens (tertiary/aromatic N) is 2. The number of thiophene rings is 1. The summed E-state index contributed by atoms with van der Waals surface area (Å²) in [6.07, 6.45) is 1.07. The van der Waals surface area contributed by atoms with Gasteiger partial charge in [0.15, 0.2) is 0 Å². The molecule has 2 N–H and O–H groups in total. The van der Waals surface area contributed by atoms with Gasteiger partial charge in [-0.3, -0.25) is 4.90 Å². The lowest BCUT2D eigenvalue weighted by Gasteiger charge is -2.44. The third-order valence-corrected chi connectivity index (χ3v) is 7.25. The van der Waals surface area contributed by atoms with Crippen molar-refractivity contribution in [1.29, 1.82) is 0 Å². The van der Waals surface area contributed by atoms with Crippen molar-refractivity contribution in [2.45, 2.75) is 50.4 Å². The SMILES string of the molecule is NC1CCC(CCN2CCN(c3cccc4sccc34)C(C(F)(F)F)C2)CC1. The maximum atomic E-state index is 13.9. The number of anilines is 1. The van der Waals surface area contributed by atoms with Crippen LogP contribution in [0.15, 0.2) is 29.6 Å². The highest BCUT2D eigenvalue weighted by molar-refractivity contribution is 7.17. The van der Waals surface area contributed by atoms with Gasteiger partial charge in [-0.05, 0) is 68.1 Å². The number of benzene rings is 1. The van der Waals surface area contributed by atoms with E-state index in [4.69, 9.17) is 5.73 Å². The number of nitrogens with two attached hydrogens (primary N) is 1. The first-order valence-corrected chi connectivity index (χ1v) is 11.1. The molecule has 3 nitrogen and oxygen atoms in total. The summed E-state index contributed by atoms with van der Waals surface area (Å²) < 4.78 is 42.8. The van der Waals surface area contributed by atoms with Gasteiger partial charge < -0.3 is 10.6 Å². The van der Waals surface area contributed by atoms with Crippen molar-refractivity contribution < 1.29 is 13.2 Å². The third-order valence-electron chi connectivity index (χ3n) is 6.37. The van der Waals surface area contributed by atoms with Crippen LogP contribution in [0.1, 0.15) is 32.1 Å². The number of hydrogen-bond donors (Lipinski definition) is 1. The molecular weight excluding hydrogens is 383 g/mol. The molecule has 1 saturated heterocycles. The lowest BCUT2D eigenvalue weighted by molar-refractivity contribution is -0.156. The van der Waals surface area contributed by atoms with Crippen LogP contribution in [0, 0.1) is 5.92 Å². The second kappa shape index (κ2) is 8.20. The second-order valence-corrected chi connectivity index (χ2v) is 9.18. The monoisotopic (exact) mass is 411 g/mol. The molecule has 1 aromatic heterocycles. The minimum Gasteiger partial charge on any atom is -0.357 e. The molecule has 154 valence electrons. The highest BCUT2D eigenvalue weighted by Gasteiger charge is 2.46. The molecule has 1 aliphatic heterocycles. The number of hydrogen-bond acceptors (Lipinski definition) is 4. The summed E-state index contributed by atoms with van der Waals surface area (Å²) in [5, 5.41) is 2.87. The average Bonchev–Trinajstić information content (AvgIpc) is 3.16. The quantitative estimate of drug-likeness (QED) is 0.780. The van der Waals surface area contributed by atoms with E-state index in [0.29, 0.717) is 30.7 Å². The molecule has 0 radical (unpaired) electrons. The number of halogens is 3. The first-order valence-electron chi connectivity index (χ1n) is 10.2. The molecule has 1 atom stereocenters. The van der Waals surface area contributed by atoms with Crippen molar-refractivity contribution in [2.75, 3.05) is 31.1 Å². The van der Waals surface area contributed by atoms with E-state index in [9.17, 15) is 13.2 Å². The smallest absolute Gasteiger partial charge is 0.357 e. The van der Waals surface area contributed by atoms with Gasteiger partial charge in [-0.15, -0.1) is 11.3 Å². The van der Waals surface area contributed by atoms with E-state index in [2.05, 4.69) is 0 Å². The molecule has 1 aliphatic carbocycles. The molecule has 0 bridgehead atoms. The molecule has 7 heteroatoms. The first-order chi connectivity index (χ1) is 13.4. The van der Waals surface area contributed by atoms with Crippen molar-refractivity contribution in [2.24, 2.45) is 11.7 Å². The molecule has 28 heavy (non-hydrogen) atoms. The van der Waals surface area contributed by atoms with Crippen LogP contribution in [0.4, 0.5) is 18.9 Å². The zero-order valence-corrected chi connectivity index (χ0v) is 16.8. The Morgan fingerprint density at radius 1 is 1.07 bits per heavy atom. The Kier molecular flexibility index (Phi) is 5.86. The Morgan fingerprint density at radius 2 is 1.86 bits per heavy atom. The van der Waals surface area contributed by atoms with Gasteiger partial charge in [-0.2, -0.15) is 13.2 Å². The van der Waals surface area contributed by atoms with Crippen LogP contribution in [0.5, 0.6) is 0 Å². The predicted molar refractivity (Wildman–Crippen MR) is 110 cm³/mol. The fraction of sp³-hybridized carbons (Fsp3) is 0.619. The maximum Gasteiger partial charge on any atom is 0.409 e. The van der Waals surface area contributed by atoms with E-state index in [1.54, 1.807) is 16.2 Å². The van der Waals surface area contributed by atoms with E-state index >= 15 is 0 Å². The summed E-state index contributed by atoms with van der Waals surface area (Å²) in [5.74, 6) is 0.613. The van der Waals surface area contributed by atoms with Crippen molar-refractivity contribution >= 4 is 27.1 Å². The fourth-order valence-electron chi connectivity index (χ4n) is 4.68. The molecule has 2 aromatic rings. The minimum atomic E-state index is -4.24. The Balaban J connectivity index is 1.45. The summed E-state index contributed by atoms with van der Waals surface area (Å²) >= 11 is 1.57. The maximum absolute atomic E-state index is 13.9. The van der Waals surface area contributed by atoms with Crippen LogP contribution >= 0.6 is 11.3 Å². The molecule has 2 fully saturated rings. The van der Waals surface area contributed by atoms with Crippen LogP contribution in [0.25, 0.3) is 10.1 Å². The first kappa shape index (κ1) is 20.0. The van der Waals surface area contributed by atoms with Crippen molar-refractivity contribution in [1.82, 2.24) is 4.90 Å². The molecule has 2 heterocycles. The largest absolute Gasteiger partial charge is 0.409 e. The van der Waals surface area contributed by atoms with Crippen LogP contribution in [-0.2, 0) is 0 Å². The third kappa shape index (κ3) is 4.31. The number of fused-ring (bicyclic) bond motifs is 1. The standard InChI is InChI=1S/C21H28F3N3S/c22-21(23,24)20-14-26(10-8-15-4-6-16(25)7-5-15)11-12-27(20)18-2-1-3-19-17(18)9-13-28-19/h1-3,9,13,15-16,20H,4-8,10-12,14,25H2. The summed E-state index contributed by atoms with van der Waals surface area (Å²) in [4.78, 5) is 3.59. The number of piperazine rings is 1. The summed E-state index contributed by atoms with van der Waals surface area (Å²) in [5.41, 5.74) is 6.67. The number of alkyl halides is 3. The highest BCUT2D eigenvalue weighted by atomic mass is 32.1. The predicted octanol–water partition coefficient (Wildman–Crippen LogP) is 4.86. The molecular formula is C21H28F3N3S. The Hall–Kier alpha value is -1.31. The summed E-state index contributed by atoms with van der Waals surface area (Å²) in [7, 11) is 0. The Morgan fingerprint density at radius 3 is 2.61 bits per heavy atom. The van der Waals surface area contributed by atoms with E-state index in [-0.39, 0.29) is 6.54 Å². The van der Waals surface area contributed by atoms with E-state index in [1.807, 2.05) is 34.5 Å². The lowest BCUT2D eigenvalue weighted by Crippen LogP contribution is -2.59. The molecule has 2 aliphatic rings. The van der Waals surface area contributed by atoms with E-state index in [0.717, 1.165) is 48.7 Å². The van der Waals surface area contributed by atoms with Crippen molar-refractivity contribution in [3.05, 3.63) is 29.6 Å². The topological polar surface area (TPSA) is 32.5 Å². The Bertz CT molecular complexity index is 783. The van der Waals surface area contributed by atoms with Crippen LogP contribution < -0.4 is 10.6 Å². The van der Waals surface area contributed by atoms with Crippen LogP contribution in [0.2, 0.25) is 0 Å². The summed E-state index contributed by atoms with van der Waals surface area (Å²) in [6, 6.07) is 6.46. The molecule has 0 amide bonds. The second-order valence-electron chi connectivity index (χ2n) is 8.23. The molecule has 1 saturated carbocycles. The highest BCUT2D eigenvalue weighted by Crippen LogP contribution is 2.37. The lowest BCUT2D eigenvalue weighted by atomic mass is 9.84. The van der Waals surface area contributed by atoms with Gasteiger partial charge in [0.25, 0.3) is 0 Å². The zero-order chi connectivity index (χ0) is 19.7. The Labute approximate surface area is 168 Å². The number of rotatable bonds is 4. The van der Waals surface area contributed by atoms with Gasteiger partial charge in [0, 0.05) is 41.4 Å². The fourth-order valence-corrected chi connectivity index (χ4v) is 5.49.